The molecule has 0 unspecified atom stereocenters. The van der Waals surface area contributed by atoms with Crippen LogP contribution in [0, 0.1) is 5.82 Å². The van der Waals surface area contributed by atoms with Crippen LogP contribution in [0.5, 0.6) is 0 Å². The van der Waals surface area contributed by atoms with Crippen molar-refractivity contribution in [2.75, 3.05) is 11.9 Å². The number of unbranched alkanes of at least 4 members (excludes halogenated alkanes) is 1. The quantitative estimate of drug-likeness (QED) is 0.539. The Morgan fingerprint density at radius 1 is 1.19 bits per heavy atom. The first-order valence-corrected chi connectivity index (χ1v) is 8.64. The summed E-state index contributed by atoms with van der Waals surface area (Å²) < 4.78 is 18.9. The zero-order valence-corrected chi connectivity index (χ0v) is 15.1. The number of hydrogen-bond acceptors (Lipinski definition) is 3. The van der Waals surface area contributed by atoms with Gasteiger partial charge in [-0.25, -0.2) is 14.0 Å². The van der Waals surface area contributed by atoms with E-state index in [1.807, 2.05) is 6.92 Å². The van der Waals surface area contributed by atoms with Gasteiger partial charge in [-0.2, -0.15) is 0 Å². The highest BCUT2D eigenvalue weighted by molar-refractivity contribution is 6.30. The Labute approximate surface area is 156 Å². The van der Waals surface area contributed by atoms with Crippen LogP contribution in [0.3, 0.4) is 0 Å². The van der Waals surface area contributed by atoms with Crippen LogP contribution in [0.15, 0.2) is 42.5 Å². The molecule has 0 aliphatic carbocycles. The van der Waals surface area contributed by atoms with E-state index in [0.717, 1.165) is 12.8 Å². The fourth-order valence-electron chi connectivity index (χ4n) is 2.16. The van der Waals surface area contributed by atoms with E-state index in [0.29, 0.717) is 17.9 Å². The van der Waals surface area contributed by atoms with E-state index < -0.39 is 17.8 Å². The Balaban J connectivity index is 1.97. The Kier molecular flexibility index (Phi) is 7.41. The van der Waals surface area contributed by atoms with Crippen LogP contribution in [0.1, 0.15) is 35.7 Å². The van der Waals surface area contributed by atoms with Gasteiger partial charge in [0.15, 0.2) is 0 Å². The lowest BCUT2D eigenvalue weighted by Gasteiger charge is -2.12. The second-order valence-corrected chi connectivity index (χ2v) is 6.01. The third kappa shape index (κ3) is 5.74. The molecule has 26 heavy (non-hydrogen) atoms. The third-order valence-electron chi connectivity index (χ3n) is 3.58. The molecule has 0 aromatic heterocycles. The minimum atomic E-state index is -0.562. The fourth-order valence-corrected chi connectivity index (χ4v) is 2.32. The van der Waals surface area contributed by atoms with Gasteiger partial charge in [-0.1, -0.05) is 43.1 Å². The molecule has 0 aliphatic rings. The molecule has 0 bridgehead atoms. The van der Waals surface area contributed by atoms with Crippen LogP contribution >= 0.6 is 11.6 Å². The van der Waals surface area contributed by atoms with Crippen molar-refractivity contribution in [1.29, 1.82) is 0 Å². The predicted molar refractivity (Wildman–Crippen MR) is 98.9 cm³/mol. The molecule has 2 aromatic rings. The largest absolute Gasteiger partial charge is 0.462 e. The third-order valence-corrected chi connectivity index (χ3v) is 3.82. The minimum absolute atomic E-state index is 0.0159. The van der Waals surface area contributed by atoms with E-state index >= 15 is 0 Å². The van der Waals surface area contributed by atoms with Crippen LogP contribution < -0.4 is 10.6 Å². The first-order chi connectivity index (χ1) is 12.5. The van der Waals surface area contributed by atoms with Crippen molar-refractivity contribution in [3.63, 3.8) is 0 Å². The van der Waals surface area contributed by atoms with Gasteiger partial charge in [0.2, 0.25) is 0 Å². The number of ether oxygens (including phenoxy) is 1. The number of para-hydroxylation sites is 1. The van der Waals surface area contributed by atoms with Gasteiger partial charge in [-0.3, -0.25) is 0 Å². The van der Waals surface area contributed by atoms with Crippen molar-refractivity contribution < 1.29 is 18.7 Å². The molecule has 2 aromatic carbocycles. The molecule has 5 nitrogen and oxygen atoms in total. The smallest absolute Gasteiger partial charge is 0.340 e. The molecule has 0 saturated carbocycles. The molecule has 0 radical (unpaired) electrons. The first-order valence-electron chi connectivity index (χ1n) is 8.26. The zero-order chi connectivity index (χ0) is 18.9. The molecule has 0 saturated heterocycles. The van der Waals surface area contributed by atoms with Crippen molar-refractivity contribution in [1.82, 2.24) is 5.32 Å². The van der Waals surface area contributed by atoms with Crippen LogP contribution in [0.25, 0.3) is 0 Å². The van der Waals surface area contributed by atoms with Gasteiger partial charge in [0.1, 0.15) is 5.82 Å². The molecule has 0 atom stereocenters. The number of hydrogen-bond donors (Lipinski definition) is 2. The van der Waals surface area contributed by atoms with Gasteiger partial charge < -0.3 is 15.4 Å². The highest BCUT2D eigenvalue weighted by atomic mass is 35.5. The molecule has 0 heterocycles. The highest BCUT2D eigenvalue weighted by Gasteiger charge is 2.14. The Bertz CT molecular complexity index is 783. The van der Waals surface area contributed by atoms with Crippen LogP contribution in [0.4, 0.5) is 14.9 Å². The molecular formula is C19H20ClFN2O3. The SMILES string of the molecule is CCCCOC(=O)c1ccccc1NC(=O)NCc1ccc(Cl)cc1F. The lowest BCUT2D eigenvalue weighted by Crippen LogP contribution is -2.29. The van der Waals surface area contributed by atoms with Gasteiger partial charge in [-0.05, 0) is 30.7 Å². The van der Waals surface area contributed by atoms with Gasteiger partial charge in [0, 0.05) is 17.1 Å². The molecule has 7 heteroatoms. The second kappa shape index (κ2) is 9.77. The van der Waals surface area contributed by atoms with Crippen molar-refractivity contribution in [2.24, 2.45) is 0 Å². The number of carbonyl (C=O) groups is 2. The van der Waals surface area contributed by atoms with Gasteiger partial charge in [-0.15, -0.1) is 0 Å². The second-order valence-electron chi connectivity index (χ2n) is 5.58. The van der Waals surface area contributed by atoms with Crippen molar-refractivity contribution in [3.05, 3.63) is 64.4 Å². The molecule has 0 spiro atoms. The van der Waals surface area contributed by atoms with Gasteiger partial charge in [0.05, 0.1) is 17.9 Å². The Morgan fingerprint density at radius 2 is 1.96 bits per heavy atom. The number of urea groups is 1. The van der Waals surface area contributed by atoms with Crippen molar-refractivity contribution >= 4 is 29.3 Å². The van der Waals surface area contributed by atoms with Crippen LogP contribution in [-0.4, -0.2) is 18.6 Å². The topological polar surface area (TPSA) is 67.4 Å². The van der Waals surface area contributed by atoms with Crippen molar-refractivity contribution in [3.8, 4) is 0 Å². The summed E-state index contributed by atoms with van der Waals surface area (Å²) in [6.45, 7) is 2.31. The standard InChI is InChI=1S/C19H20ClFN2O3/c1-2-3-10-26-18(24)15-6-4-5-7-17(15)23-19(25)22-12-13-8-9-14(20)11-16(13)21/h4-9,11H,2-3,10,12H2,1H3,(H2,22,23,25). The Morgan fingerprint density at radius 3 is 2.69 bits per heavy atom. The van der Waals surface area contributed by atoms with E-state index in [-0.39, 0.29) is 17.1 Å². The number of carbonyl (C=O) groups excluding carboxylic acids is 2. The summed E-state index contributed by atoms with van der Waals surface area (Å²) in [7, 11) is 0. The number of benzene rings is 2. The zero-order valence-electron chi connectivity index (χ0n) is 14.4. The molecule has 2 N–H and O–H groups in total. The summed E-state index contributed by atoms with van der Waals surface area (Å²) >= 11 is 5.70. The molecule has 2 rings (SSSR count). The highest BCUT2D eigenvalue weighted by Crippen LogP contribution is 2.17. The Hall–Kier alpha value is -2.60. The number of halogens is 2. The van der Waals surface area contributed by atoms with E-state index in [2.05, 4.69) is 10.6 Å². The normalized spacial score (nSPS) is 10.3. The number of esters is 1. The lowest BCUT2D eigenvalue weighted by molar-refractivity contribution is 0.0501. The molecule has 0 aliphatic heterocycles. The first kappa shape index (κ1) is 19.7. The number of nitrogens with one attached hydrogen (secondary N) is 2. The molecule has 2 amide bonds. The molecular weight excluding hydrogens is 359 g/mol. The predicted octanol–water partition coefficient (Wildman–Crippen LogP) is 4.76. The number of anilines is 1. The summed E-state index contributed by atoms with van der Waals surface area (Å²) in [6.07, 6.45) is 1.69. The van der Waals surface area contributed by atoms with E-state index in [1.165, 1.54) is 12.1 Å². The average molecular weight is 379 g/mol. The van der Waals surface area contributed by atoms with Gasteiger partial charge >= 0.3 is 12.0 Å². The summed E-state index contributed by atoms with van der Waals surface area (Å²) in [4.78, 5) is 24.2. The maximum Gasteiger partial charge on any atom is 0.340 e. The maximum atomic E-state index is 13.7. The summed E-state index contributed by atoms with van der Waals surface area (Å²) in [5.74, 6) is -1.00. The fraction of sp³-hybridized carbons (Fsp3) is 0.263. The van der Waals surface area contributed by atoms with E-state index in [9.17, 15) is 14.0 Å². The average Bonchev–Trinajstić information content (AvgIpc) is 2.61. The molecule has 0 fully saturated rings. The number of amides is 2. The molecule has 138 valence electrons. The van der Waals surface area contributed by atoms with E-state index in [1.54, 1.807) is 30.3 Å². The lowest BCUT2D eigenvalue weighted by atomic mass is 10.2. The minimum Gasteiger partial charge on any atom is -0.462 e. The maximum absolute atomic E-state index is 13.7. The van der Waals surface area contributed by atoms with Gasteiger partial charge in [0.25, 0.3) is 0 Å². The van der Waals surface area contributed by atoms with Crippen LogP contribution in [0.2, 0.25) is 5.02 Å². The van der Waals surface area contributed by atoms with Crippen LogP contribution in [-0.2, 0) is 11.3 Å². The summed E-state index contributed by atoms with van der Waals surface area (Å²) in [6, 6.07) is 10.2. The summed E-state index contributed by atoms with van der Waals surface area (Å²) in [5.41, 5.74) is 0.885. The monoisotopic (exact) mass is 378 g/mol. The number of rotatable bonds is 7. The van der Waals surface area contributed by atoms with E-state index in [4.69, 9.17) is 16.3 Å². The van der Waals surface area contributed by atoms with Crippen molar-refractivity contribution in [2.45, 2.75) is 26.3 Å². The summed E-state index contributed by atoms with van der Waals surface area (Å²) in [5, 5.41) is 5.41.